The number of thioether (sulfide) groups is 1. The Balaban J connectivity index is 0.00000363. The monoisotopic (exact) mass is 530 g/mol. The van der Waals surface area contributed by atoms with Gasteiger partial charge in [0.15, 0.2) is 4.32 Å². The van der Waals surface area contributed by atoms with E-state index in [0.29, 0.717) is 37.1 Å². The van der Waals surface area contributed by atoms with E-state index in [-0.39, 0.29) is 18.3 Å². The van der Waals surface area contributed by atoms with Gasteiger partial charge in [-0.1, -0.05) is 67.1 Å². The number of ether oxygens (including phenoxy) is 1. The molecule has 0 atom stereocenters. The number of rotatable bonds is 9. The van der Waals surface area contributed by atoms with E-state index >= 15 is 0 Å². The standard InChI is InChI=1S/C23H24Cl2N2O2S2.ClH/c1-3-26(4-2)13-6-14-29-17-11-9-16(10-12-17)27-22(28)21(31-23(27)30)15-18-19(24)7-5-8-20(18)25;/h5,7-12,15H,3-4,6,13-14H2,1-2H3;1H/b21-15-;. The number of carbonyl (C=O) groups excluding carboxylic acids is 1. The second-order valence-corrected chi connectivity index (χ2v) is 9.37. The summed E-state index contributed by atoms with van der Waals surface area (Å²) in [6.07, 6.45) is 2.66. The van der Waals surface area contributed by atoms with E-state index in [1.165, 1.54) is 16.7 Å². The fourth-order valence-electron chi connectivity index (χ4n) is 3.18. The number of anilines is 1. The summed E-state index contributed by atoms with van der Waals surface area (Å²) in [6, 6.07) is 12.6. The van der Waals surface area contributed by atoms with Gasteiger partial charge in [0.05, 0.1) is 17.2 Å². The molecule has 1 saturated heterocycles. The summed E-state index contributed by atoms with van der Waals surface area (Å²) in [6.45, 7) is 8.09. The van der Waals surface area contributed by atoms with Crippen LogP contribution < -0.4 is 9.64 Å². The van der Waals surface area contributed by atoms with Gasteiger partial charge in [-0.05, 0) is 62.0 Å². The molecule has 32 heavy (non-hydrogen) atoms. The molecule has 0 aliphatic carbocycles. The molecule has 0 spiro atoms. The first-order valence-corrected chi connectivity index (χ1v) is 12.1. The summed E-state index contributed by atoms with van der Waals surface area (Å²) in [5.41, 5.74) is 1.31. The minimum atomic E-state index is -0.195. The van der Waals surface area contributed by atoms with Crippen molar-refractivity contribution in [2.24, 2.45) is 0 Å². The lowest BCUT2D eigenvalue weighted by atomic mass is 10.2. The number of thiocarbonyl (C=S) groups is 1. The number of nitrogens with zero attached hydrogens (tertiary/aromatic N) is 2. The molecule has 172 valence electrons. The highest BCUT2D eigenvalue weighted by molar-refractivity contribution is 8.27. The molecule has 0 radical (unpaired) electrons. The smallest absolute Gasteiger partial charge is 0.270 e. The highest BCUT2D eigenvalue weighted by atomic mass is 35.5. The fraction of sp³-hybridized carbons (Fsp3) is 0.304. The molecule has 3 rings (SSSR count). The Labute approximate surface area is 215 Å². The van der Waals surface area contributed by atoms with Crippen molar-refractivity contribution in [3.63, 3.8) is 0 Å². The van der Waals surface area contributed by atoms with E-state index < -0.39 is 0 Å². The van der Waals surface area contributed by atoms with Crippen LogP contribution in [0, 0.1) is 0 Å². The predicted molar refractivity (Wildman–Crippen MR) is 144 cm³/mol. The second-order valence-electron chi connectivity index (χ2n) is 6.88. The molecular weight excluding hydrogens is 507 g/mol. The third-order valence-electron chi connectivity index (χ3n) is 4.95. The van der Waals surface area contributed by atoms with Gasteiger partial charge in [-0.2, -0.15) is 0 Å². The third kappa shape index (κ3) is 6.62. The molecule has 1 aliphatic rings. The Hall–Kier alpha value is -1.28. The van der Waals surface area contributed by atoms with Crippen molar-refractivity contribution in [2.75, 3.05) is 31.1 Å². The van der Waals surface area contributed by atoms with Crippen LogP contribution in [0.15, 0.2) is 47.4 Å². The number of amides is 1. The molecule has 2 aromatic carbocycles. The number of carbonyl (C=O) groups is 1. The number of halogens is 3. The average Bonchev–Trinajstić information content (AvgIpc) is 3.04. The number of benzene rings is 2. The zero-order valence-electron chi connectivity index (χ0n) is 17.8. The first-order chi connectivity index (χ1) is 14.9. The molecule has 4 nitrogen and oxygen atoms in total. The Morgan fingerprint density at radius 3 is 2.31 bits per heavy atom. The van der Waals surface area contributed by atoms with Gasteiger partial charge < -0.3 is 9.64 Å². The van der Waals surface area contributed by atoms with Crippen molar-refractivity contribution < 1.29 is 9.53 Å². The molecular formula is C23H25Cl3N2O2S2. The molecule has 1 heterocycles. The maximum Gasteiger partial charge on any atom is 0.270 e. The Bertz CT molecular complexity index is 959. The van der Waals surface area contributed by atoms with Gasteiger partial charge in [-0.25, -0.2) is 0 Å². The normalized spacial score (nSPS) is 14.9. The highest BCUT2D eigenvalue weighted by Gasteiger charge is 2.33. The topological polar surface area (TPSA) is 32.8 Å². The van der Waals surface area contributed by atoms with Crippen molar-refractivity contribution in [3.8, 4) is 5.75 Å². The zero-order valence-corrected chi connectivity index (χ0v) is 21.8. The minimum absolute atomic E-state index is 0. The lowest BCUT2D eigenvalue weighted by Gasteiger charge is -2.18. The first kappa shape index (κ1) is 27.0. The van der Waals surface area contributed by atoms with Crippen molar-refractivity contribution in [2.45, 2.75) is 20.3 Å². The van der Waals surface area contributed by atoms with Gasteiger partial charge in [0.25, 0.3) is 5.91 Å². The van der Waals surface area contributed by atoms with Crippen molar-refractivity contribution in [1.82, 2.24) is 4.90 Å². The van der Waals surface area contributed by atoms with Crippen LogP contribution in [0.1, 0.15) is 25.8 Å². The van der Waals surface area contributed by atoms with Crippen LogP contribution in [0.2, 0.25) is 10.0 Å². The lowest BCUT2D eigenvalue weighted by molar-refractivity contribution is -0.113. The van der Waals surface area contributed by atoms with Crippen LogP contribution in [-0.4, -0.2) is 41.4 Å². The van der Waals surface area contributed by atoms with Gasteiger partial charge in [0.2, 0.25) is 0 Å². The SMILES string of the molecule is CCN(CC)CCCOc1ccc(N2C(=O)/C(=C/c3c(Cl)cccc3Cl)SC2=S)cc1.Cl. The second kappa shape index (κ2) is 12.8. The van der Waals surface area contributed by atoms with Gasteiger partial charge in [-0.3, -0.25) is 9.69 Å². The highest BCUT2D eigenvalue weighted by Crippen LogP contribution is 2.38. The molecule has 9 heteroatoms. The molecule has 0 aromatic heterocycles. The fourth-order valence-corrected chi connectivity index (χ4v) is 4.97. The van der Waals surface area contributed by atoms with Crippen molar-refractivity contribution >= 4 is 81.6 Å². The van der Waals surface area contributed by atoms with E-state index in [0.717, 1.165) is 31.8 Å². The third-order valence-corrected chi connectivity index (χ3v) is 6.91. The molecule has 2 aromatic rings. The van der Waals surface area contributed by atoms with Crippen LogP contribution in [-0.2, 0) is 4.79 Å². The summed E-state index contributed by atoms with van der Waals surface area (Å²) in [5.74, 6) is 0.575. The summed E-state index contributed by atoms with van der Waals surface area (Å²) in [5, 5.41) is 0.973. The van der Waals surface area contributed by atoms with E-state index in [1.54, 1.807) is 24.3 Å². The summed E-state index contributed by atoms with van der Waals surface area (Å²) in [7, 11) is 0. The summed E-state index contributed by atoms with van der Waals surface area (Å²) >= 11 is 19.2. The van der Waals surface area contributed by atoms with Gasteiger partial charge in [0.1, 0.15) is 5.75 Å². The molecule has 1 fully saturated rings. The van der Waals surface area contributed by atoms with Gasteiger partial charge >= 0.3 is 0 Å². The van der Waals surface area contributed by atoms with Crippen LogP contribution in [0.5, 0.6) is 5.75 Å². The summed E-state index contributed by atoms with van der Waals surface area (Å²) < 4.78 is 6.30. The maximum absolute atomic E-state index is 13.0. The molecule has 0 saturated carbocycles. The minimum Gasteiger partial charge on any atom is -0.494 e. The molecule has 0 bridgehead atoms. The van der Waals surface area contributed by atoms with E-state index in [2.05, 4.69) is 18.7 Å². The lowest BCUT2D eigenvalue weighted by Crippen LogP contribution is -2.27. The van der Waals surface area contributed by atoms with Crippen molar-refractivity contribution in [1.29, 1.82) is 0 Å². The average molecular weight is 532 g/mol. The Kier molecular flexibility index (Phi) is 10.8. The molecule has 1 aliphatic heterocycles. The number of hydrogen-bond acceptors (Lipinski definition) is 5. The Morgan fingerprint density at radius 2 is 1.72 bits per heavy atom. The predicted octanol–water partition coefficient (Wildman–Crippen LogP) is 6.93. The van der Waals surface area contributed by atoms with Gasteiger partial charge in [0, 0.05) is 22.2 Å². The zero-order chi connectivity index (χ0) is 22.4. The van der Waals surface area contributed by atoms with Crippen LogP contribution in [0.4, 0.5) is 5.69 Å². The molecule has 0 unspecified atom stereocenters. The quantitative estimate of drug-likeness (QED) is 0.199. The van der Waals surface area contributed by atoms with E-state index in [9.17, 15) is 4.79 Å². The summed E-state index contributed by atoms with van der Waals surface area (Å²) in [4.78, 5) is 17.4. The van der Waals surface area contributed by atoms with E-state index in [4.69, 9.17) is 40.2 Å². The van der Waals surface area contributed by atoms with Crippen LogP contribution in [0.25, 0.3) is 6.08 Å². The van der Waals surface area contributed by atoms with Crippen molar-refractivity contribution in [3.05, 3.63) is 63.0 Å². The van der Waals surface area contributed by atoms with E-state index in [1.807, 2.05) is 24.3 Å². The number of hydrogen-bond donors (Lipinski definition) is 0. The first-order valence-electron chi connectivity index (χ1n) is 10.1. The molecule has 0 N–H and O–H groups in total. The Morgan fingerprint density at radius 1 is 1.09 bits per heavy atom. The van der Waals surface area contributed by atoms with Crippen LogP contribution >= 0.6 is 59.6 Å². The van der Waals surface area contributed by atoms with Crippen LogP contribution in [0.3, 0.4) is 0 Å². The van der Waals surface area contributed by atoms with Gasteiger partial charge in [-0.15, -0.1) is 12.4 Å². The largest absolute Gasteiger partial charge is 0.494 e. The maximum atomic E-state index is 13.0. The molecule has 1 amide bonds.